The molecule has 1 atom stereocenters. The van der Waals surface area contributed by atoms with Crippen molar-refractivity contribution < 1.29 is 9.32 Å². The summed E-state index contributed by atoms with van der Waals surface area (Å²) >= 11 is 0. The first-order valence-electron chi connectivity index (χ1n) is 6.51. The lowest BCUT2D eigenvalue weighted by Gasteiger charge is -2.12. The molecule has 0 aliphatic carbocycles. The van der Waals surface area contributed by atoms with Crippen LogP contribution >= 0.6 is 0 Å². The fourth-order valence-electron chi connectivity index (χ4n) is 1.73. The molecule has 0 saturated carbocycles. The van der Waals surface area contributed by atoms with Crippen molar-refractivity contribution in [2.45, 2.75) is 33.4 Å². The zero-order valence-electron chi connectivity index (χ0n) is 11.9. The Kier molecular flexibility index (Phi) is 4.52. The van der Waals surface area contributed by atoms with E-state index in [1.165, 1.54) is 0 Å². The Labute approximate surface area is 117 Å². The molecule has 0 spiro atoms. The van der Waals surface area contributed by atoms with Crippen molar-refractivity contribution in [2.24, 2.45) is 0 Å². The van der Waals surface area contributed by atoms with Gasteiger partial charge in [0.25, 0.3) is 0 Å². The fraction of sp³-hybridized carbons (Fsp3) is 0.462. The van der Waals surface area contributed by atoms with Crippen LogP contribution in [-0.2, 0) is 11.3 Å². The maximum absolute atomic E-state index is 11.9. The molecule has 0 radical (unpaired) electrons. The van der Waals surface area contributed by atoms with Crippen molar-refractivity contribution in [3.63, 3.8) is 0 Å². The summed E-state index contributed by atoms with van der Waals surface area (Å²) in [7, 11) is 0. The van der Waals surface area contributed by atoms with Crippen LogP contribution in [-0.4, -0.2) is 33.4 Å². The standard InChI is InChI=1S/C13H19N5O2/c1-9-7-15-18(8-9)5-4-14-11(3)13(19)16-12-6-10(2)17-20-12/h6-8,11,14H,4-5H2,1-3H3,(H,16,19). The molecule has 20 heavy (non-hydrogen) atoms. The molecule has 0 saturated heterocycles. The summed E-state index contributed by atoms with van der Waals surface area (Å²) in [4.78, 5) is 11.9. The molecular formula is C13H19N5O2. The molecule has 1 amide bonds. The zero-order valence-corrected chi connectivity index (χ0v) is 11.9. The van der Waals surface area contributed by atoms with Gasteiger partial charge in [0.2, 0.25) is 11.8 Å². The number of aryl methyl sites for hydroxylation is 2. The predicted molar refractivity (Wildman–Crippen MR) is 74.3 cm³/mol. The highest BCUT2D eigenvalue weighted by molar-refractivity contribution is 5.93. The quantitative estimate of drug-likeness (QED) is 0.826. The first kappa shape index (κ1) is 14.3. The molecule has 2 rings (SSSR count). The van der Waals surface area contributed by atoms with Crippen LogP contribution in [0.1, 0.15) is 18.2 Å². The van der Waals surface area contributed by atoms with E-state index >= 15 is 0 Å². The SMILES string of the molecule is Cc1cnn(CCNC(C)C(=O)Nc2cc(C)no2)c1. The van der Waals surface area contributed by atoms with Crippen LogP contribution in [0.4, 0.5) is 5.88 Å². The summed E-state index contributed by atoms with van der Waals surface area (Å²) < 4.78 is 6.78. The number of aromatic nitrogens is 3. The van der Waals surface area contributed by atoms with Gasteiger partial charge in [0.15, 0.2) is 0 Å². The van der Waals surface area contributed by atoms with Gasteiger partial charge in [-0.05, 0) is 26.3 Å². The average molecular weight is 277 g/mol. The van der Waals surface area contributed by atoms with E-state index in [2.05, 4.69) is 20.9 Å². The monoisotopic (exact) mass is 277 g/mol. The number of hydrogen-bond acceptors (Lipinski definition) is 5. The second-order valence-corrected chi connectivity index (χ2v) is 4.78. The van der Waals surface area contributed by atoms with E-state index < -0.39 is 0 Å². The summed E-state index contributed by atoms with van der Waals surface area (Å²) in [5.74, 6) is 0.210. The molecule has 108 valence electrons. The highest BCUT2D eigenvalue weighted by Gasteiger charge is 2.14. The summed E-state index contributed by atoms with van der Waals surface area (Å²) in [5, 5.41) is 13.7. The lowest BCUT2D eigenvalue weighted by molar-refractivity contribution is -0.117. The highest BCUT2D eigenvalue weighted by Crippen LogP contribution is 2.08. The molecule has 0 bridgehead atoms. The lowest BCUT2D eigenvalue weighted by atomic mass is 10.3. The molecular weight excluding hydrogens is 258 g/mol. The van der Waals surface area contributed by atoms with Gasteiger partial charge in [0.1, 0.15) is 0 Å². The second kappa shape index (κ2) is 6.33. The third kappa shape index (κ3) is 3.92. The van der Waals surface area contributed by atoms with E-state index in [-0.39, 0.29) is 11.9 Å². The summed E-state index contributed by atoms with van der Waals surface area (Å²) in [5.41, 5.74) is 1.85. The fourth-order valence-corrected chi connectivity index (χ4v) is 1.73. The van der Waals surface area contributed by atoms with Crippen molar-refractivity contribution in [2.75, 3.05) is 11.9 Å². The molecule has 0 aliphatic rings. The normalized spacial score (nSPS) is 12.3. The molecule has 2 heterocycles. The maximum atomic E-state index is 11.9. The van der Waals surface area contributed by atoms with E-state index in [1.54, 1.807) is 19.9 Å². The molecule has 7 nitrogen and oxygen atoms in total. The highest BCUT2D eigenvalue weighted by atomic mass is 16.5. The van der Waals surface area contributed by atoms with Crippen molar-refractivity contribution >= 4 is 11.8 Å². The second-order valence-electron chi connectivity index (χ2n) is 4.78. The number of anilines is 1. The Bertz CT molecular complexity index is 575. The Morgan fingerprint density at radius 2 is 2.30 bits per heavy atom. The van der Waals surface area contributed by atoms with E-state index in [1.807, 2.05) is 24.0 Å². The van der Waals surface area contributed by atoms with Crippen LogP contribution in [0.15, 0.2) is 23.0 Å². The summed E-state index contributed by atoms with van der Waals surface area (Å²) in [6.45, 7) is 6.96. The van der Waals surface area contributed by atoms with Crippen molar-refractivity contribution in [3.8, 4) is 0 Å². The Balaban J connectivity index is 1.73. The van der Waals surface area contributed by atoms with Gasteiger partial charge in [-0.2, -0.15) is 5.10 Å². The molecule has 7 heteroatoms. The van der Waals surface area contributed by atoms with Crippen molar-refractivity contribution in [3.05, 3.63) is 29.7 Å². The third-order valence-corrected chi connectivity index (χ3v) is 2.82. The number of carbonyl (C=O) groups excluding carboxylic acids is 1. The topological polar surface area (TPSA) is 85.0 Å². The van der Waals surface area contributed by atoms with Gasteiger partial charge >= 0.3 is 0 Å². The van der Waals surface area contributed by atoms with Gasteiger partial charge in [0, 0.05) is 18.8 Å². The summed E-state index contributed by atoms with van der Waals surface area (Å²) in [6, 6.07) is 1.36. The minimum atomic E-state index is -0.322. The average Bonchev–Trinajstić information content (AvgIpc) is 2.98. The number of carbonyl (C=O) groups is 1. The van der Waals surface area contributed by atoms with E-state index in [0.29, 0.717) is 19.0 Å². The first-order valence-corrected chi connectivity index (χ1v) is 6.51. The molecule has 1 unspecified atom stereocenters. The Morgan fingerprint density at radius 3 is 2.90 bits per heavy atom. The van der Waals surface area contributed by atoms with Gasteiger partial charge < -0.3 is 9.84 Å². The number of nitrogens with zero attached hydrogens (tertiary/aromatic N) is 3. The number of amides is 1. The maximum Gasteiger partial charge on any atom is 0.243 e. The van der Waals surface area contributed by atoms with Crippen LogP contribution in [0.25, 0.3) is 0 Å². The predicted octanol–water partition coefficient (Wildman–Crippen LogP) is 1.10. The van der Waals surface area contributed by atoms with Gasteiger partial charge in [-0.1, -0.05) is 5.16 Å². The number of hydrogen-bond donors (Lipinski definition) is 2. The Hall–Kier alpha value is -2.15. The van der Waals surface area contributed by atoms with Crippen molar-refractivity contribution in [1.82, 2.24) is 20.3 Å². The van der Waals surface area contributed by atoms with E-state index in [9.17, 15) is 4.79 Å². The van der Waals surface area contributed by atoms with Crippen molar-refractivity contribution in [1.29, 1.82) is 0 Å². The van der Waals surface area contributed by atoms with E-state index in [0.717, 1.165) is 11.3 Å². The molecule has 2 N–H and O–H groups in total. The smallest absolute Gasteiger partial charge is 0.243 e. The third-order valence-electron chi connectivity index (χ3n) is 2.82. The zero-order chi connectivity index (χ0) is 14.5. The van der Waals surface area contributed by atoms with Crippen LogP contribution < -0.4 is 10.6 Å². The molecule has 0 fully saturated rings. The number of nitrogens with one attached hydrogen (secondary N) is 2. The van der Waals surface area contributed by atoms with Gasteiger partial charge in [-0.15, -0.1) is 0 Å². The van der Waals surface area contributed by atoms with Crippen LogP contribution in [0.3, 0.4) is 0 Å². The minimum absolute atomic E-state index is 0.155. The van der Waals surface area contributed by atoms with Gasteiger partial charge in [0.05, 0.1) is 24.5 Å². The van der Waals surface area contributed by atoms with Gasteiger partial charge in [-0.25, -0.2) is 0 Å². The molecule has 2 aromatic heterocycles. The molecule has 0 aromatic carbocycles. The van der Waals surface area contributed by atoms with Crippen LogP contribution in [0.2, 0.25) is 0 Å². The van der Waals surface area contributed by atoms with Crippen LogP contribution in [0.5, 0.6) is 0 Å². The molecule has 0 aliphatic heterocycles. The lowest BCUT2D eigenvalue weighted by Crippen LogP contribution is -2.39. The van der Waals surface area contributed by atoms with Gasteiger partial charge in [-0.3, -0.25) is 14.8 Å². The van der Waals surface area contributed by atoms with E-state index in [4.69, 9.17) is 4.52 Å². The largest absolute Gasteiger partial charge is 0.338 e. The number of rotatable bonds is 6. The summed E-state index contributed by atoms with van der Waals surface area (Å²) in [6.07, 6.45) is 3.77. The van der Waals surface area contributed by atoms with Crippen LogP contribution in [0, 0.1) is 13.8 Å². The molecule has 2 aromatic rings. The Morgan fingerprint density at radius 1 is 1.50 bits per heavy atom. The minimum Gasteiger partial charge on any atom is -0.338 e. The first-order chi connectivity index (χ1) is 9.54.